The largest absolute Gasteiger partial charge is 0.493 e. The van der Waals surface area contributed by atoms with Crippen LogP contribution in [0.25, 0.3) is 11.7 Å². The van der Waals surface area contributed by atoms with Gasteiger partial charge in [-0.15, -0.1) is 0 Å². The molecule has 4 heterocycles. The minimum atomic E-state index is -0.500. The number of aromatic amines is 2. The van der Waals surface area contributed by atoms with Gasteiger partial charge in [-0.3, -0.25) is 4.98 Å². The number of rotatable bonds is 5. The van der Waals surface area contributed by atoms with E-state index in [0.29, 0.717) is 29.0 Å². The molecule has 5 rings (SSSR count). The number of imidazole rings is 1. The first-order valence-electron chi connectivity index (χ1n) is 9.17. The fourth-order valence-corrected chi connectivity index (χ4v) is 2.91. The lowest BCUT2D eigenvalue weighted by atomic mass is 10.3. The van der Waals surface area contributed by atoms with Gasteiger partial charge in [0.25, 0.3) is 5.62 Å². The average molecular weight is 394 g/mol. The Morgan fingerprint density at radius 3 is 2.93 bits per heavy atom. The van der Waals surface area contributed by atoms with Gasteiger partial charge >= 0.3 is 5.69 Å². The standard InChI is InChI=1S/C18H18N8O3/c1-9-2-5-12(29-9)8-19-16-23-14-10(6-13-15(27)24-18(28)22-13)7-20-26(14)17(25-16)21-11-3-4-11/h2,5-7,11,27H,3-4,8H2,1H3,(H,19,21,25)(H2,22,24,28)/b10-6+. The van der Waals surface area contributed by atoms with E-state index in [9.17, 15) is 9.90 Å². The van der Waals surface area contributed by atoms with Crippen molar-refractivity contribution in [1.82, 2.24) is 29.5 Å². The Kier molecular flexibility index (Phi) is 3.93. The first-order valence-corrected chi connectivity index (χ1v) is 9.17. The quantitative estimate of drug-likeness (QED) is 0.371. The maximum atomic E-state index is 11.4. The lowest BCUT2D eigenvalue weighted by Gasteiger charge is -2.03. The van der Waals surface area contributed by atoms with Gasteiger partial charge in [-0.25, -0.2) is 9.79 Å². The van der Waals surface area contributed by atoms with Crippen molar-refractivity contribution in [3.63, 3.8) is 0 Å². The summed E-state index contributed by atoms with van der Waals surface area (Å²) in [6.07, 6.45) is 5.22. The van der Waals surface area contributed by atoms with Crippen LogP contribution in [0.3, 0.4) is 0 Å². The monoisotopic (exact) mass is 394 g/mol. The summed E-state index contributed by atoms with van der Waals surface area (Å²) in [5, 5.41) is 17.9. The van der Waals surface area contributed by atoms with Crippen LogP contribution in [0.15, 0.2) is 32.5 Å². The minimum absolute atomic E-state index is 0.241. The van der Waals surface area contributed by atoms with Crippen LogP contribution in [0, 0.1) is 6.92 Å². The minimum Gasteiger partial charge on any atom is -0.493 e. The summed E-state index contributed by atoms with van der Waals surface area (Å²) in [5.74, 6) is 1.73. The molecule has 11 heteroatoms. The predicted octanol–water partition coefficient (Wildman–Crippen LogP) is -0.0294. The zero-order chi connectivity index (χ0) is 20.0. The smallest absolute Gasteiger partial charge is 0.326 e. The van der Waals surface area contributed by atoms with Gasteiger partial charge in [-0.05, 0) is 38.0 Å². The molecule has 148 valence electrons. The van der Waals surface area contributed by atoms with Gasteiger partial charge in [-0.2, -0.15) is 19.6 Å². The van der Waals surface area contributed by atoms with Gasteiger partial charge < -0.3 is 19.8 Å². The van der Waals surface area contributed by atoms with Crippen molar-refractivity contribution in [3.05, 3.63) is 56.9 Å². The summed E-state index contributed by atoms with van der Waals surface area (Å²) >= 11 is 0. The summed E-state index contributed by atoms with van der Waals surface area (Å²) in [7, 11) is 0. The molecule has 11 nitrogen and oxygen atoms in total. The van der Waals surface area contributed by atoms with Gasteiger partial charge in [0.15, 0.2) is 5.65 Å². The number of nitrogens with zero attached hydrogens (tertiary/aromatic N) is 5. The van der Waals surface area contributed by atoms with Gasteiger partial charge in [0.1, 0.15) is 17.2 Å². The summed E-state index contributed by atoms with van der Waals surface area (Å²) < 4.78 is 7.12. The molecule has 0 radical (unpaired) electrons. The predicted molar refractivity (Wildman–Crippen MR) is 102 cm³/mol. The Morgan fingerprint density at radius 1 is 1.38 bits per heavy atom. The van der Waals surface area contributed by atoms with E-state index < -0.39 is 5.69 Å². The molecule has 0 unspecified atom stereocenters. The van der Waals surface area contributed by atoms with Crippen molar-refractivity contribution in [1.29, 1.82) is 0 Å². The lowest BCUT2D eigenvalue weighted by Crippen LogP contribution is -2.24. The highest BCUT2D eigenvalue weighted by Crippen LogP contribution is 2.22. The molecule has 4 aromatic rings. The number of hydrogen-bond donors (Lipinski definition) is 4. The second-order valence-corrected chi connectivity index (χ2v) is 6.89. The van der Waals surface area contributed by atoms with Crippen LogP contribution in [0.4, 0.5) is 5.95 Å². The van der Waals surface area contributed by atoms with E-state index >= 15 is 0 Å². The van der Waals surface area contributed by atoms with Crippen LogP contribution in [0.1, 0.15) is 30.1 Å². The fraction of sp³-hybridized carbons (Fsp3) is 0.278. The number of furan rings is 1. The highest BCUT2D eigenvalue weighted by Gasteiger charge is 2.21. The summed E-state index contributed by atoms with van der Waals surface area (Å²) in [4.78, 5) is 29.8. The second kappa shape index (κ2) is 6.62. The van der Waals surface area contributed by atoms with E-state index in [1.807, 2.05) is 19.1 Å². The van der Waals surface area contributed by atoms with Crippen LogP contribution in [0.5, 0.6) is 5.88 Å². The van der Waals surface area contributed by atoms with Crippen LogP contribution < -0.4 is 21.8 Å². The molecule has 4 N–H and O–H groups in total. The van der Waals surface area contributed by atoms with Gasteiger partial charge in [0.05, 0.1) is 18.8 Å². The highest BCUT2D eigenvalue weighted by atomic mass is 16.3. The maximum Gasteiger partial charge on any atom is 0.326 e. The number of aryl methyl sites for hydroxylation is 1. The normalized spacial score (nSPS) is 15.5. The van der Waals surface area contributed by atoms with Crippen molar-refractivity contribution in [2.45, 2.75) is 32.4 Å². The van der Waals surface area contributed by atoms with Crippen molar-refractivity contribution >= 4 is 17.7 Å². The Morgan fingerprint density at radius 2 is 2.24 bits per heavy atom. The van der Waals surface area contributed by atoms with Crippen LogP contribution >= 0.6 is 0 Å². The molecule has 0 spiro atoms. The highest BCUT2D eigenvalue weighted by molar-refractivity contribution is 5.57. The molecule has 4 aromatic heterocycles. The first kappa shape index (κ1) is 17.2. The number of aromatic hydroxyl groups is 1. The molecular weight excluding hydrogens is 376 g/mol. The molecule has 0 aromatic carbocycles. The SMILES string of the molecule is Cc1ccc(CNc2nc(=NC3CC3)n3nc/c(=C\c4[nH]c(=O)[nH]c4O)c3n2)o1. The molecule has 0 atom stereocenters. The Labute approximate surface area is 162 Å². The topological polar surface area (TPSA) is 149 Å². The fourth-order valence-electron chi connectivity index (χ4n) is 2.91. The van der Waals surface area contributed by atoms with Crippen LogP contribution in [-0.4, -0.2) is 40.7 Å². The Balaban J connectivity index is 1.60. The third-order valence-corrected chi connectivity index (χ3v) is 4.48. The number of H-pyrrole nitrogens is 2. The van der Waals surface area contributed by atoms with Crippen molar-refractivity contribution < 1.29 is 9.52 Å². The molecule has 0 aliphatic heterocycles. The lowest BCUT2D eigenvalue weighted by molar-refractivity contribution is 0.454. The third-order valence-electron chi connectivity index (χ3n) is 4.48. The summed E-state index contributed by atoms with van der Waals surface area (Å²) in [6, 6.07) is 4.03. The number of aromatic nitrogens is 6. The summed E-state index contributed by atoms with van der Waals surface area (Å²) in [6.45, 7) is 2.31. The molecule has 1 fully saturated rings. The van der Waals surface area contributed by atoms with E-state index in [4.69, 9.17) is 4.42 Å². The molecule has 1 aliphatic carbocycles. The Bertz CT molecular complexity index is 1370. The van der Waals surface area contributed by atoms with E-state index in [2.05, 4.69) is 35.3 Å². The summed E-state index contributed by atoms with van der Waals surface area (Å²) in [5.41, 5.74) is 0.686. The molecule has 0 amide bonds. The molecule has 1 aliphatic rings. The number of fused-ring (bicyclic) bond motifs is 1. The van der Waals surface area contributed by atoms with E-state index in [1.54, 1.807) is 16.8 Å². The van der Waals surface area contributed by atoms with E-state index in [1.165, 1.54) is 0 Å². The zero-order valence-corrected chi connectivity index (χ0v) is 15.5. The zero-order valence-electron chi connectivity index (χ0n) is 15.5. The van der Waals surface area contributed by atoms with Crippen LogP contribution in [-0.2, 0) is 6.54 Å². The van der Waals surface area contributed by atoms with Crippen molar-refractivity contribution in [2.24, 2.45) is 4.99 Å². The number of nitrogens with one attached hydrogen (secondary N) is 3. The van der Waals surface area contributed by atoms with Crippen molar-refractivity contribution in [2.75, 3.05) is 5.32 Å². The molecule has 1 saturated carbocycles. The third kappa shape index (κ3) is 3.49. The molecule has 29 heavy (non-hydrogen) atoms. The van der Waals surface area contributed by atoms with E-state index in [0.717, 1.165) is 24.4 Å². The maximum absolute atomic E-state index is 11.4. The molecular formula is C18H18N8O3. The number of anilines is 1. The first-order chi connectivity index (χ1) is 14.0. The second-order valence-electron chi connectivity index (χ2n) is 6.89. The molecule has 0 saturated heterocycles. The molecule has 0 bridgehead atoms. The van der Waals surface area contributed by atoms with Crippen LogP contribution in [0.2, 0.25) is 0 Å². The number of hydrogen-bond acceptors (Lipinski definition) is 8. The van der Waals surface area contributed by atoms with Gasteiger partial charge in [-0.1, -0.05) is 0 Å². The average Bonchev–Trinajstić information content (AvgIpc) is 3.10. The van der Waals surface area contributed by atoms with Gasteiger partial charge in [0.2, 0.25) is 11.8 Å². The van der Waals surface area contributed by atoms with E-state index in [-0.39, 0.29) is 17.6 Å². The Hall–Kier alpha value is -3.89. The van der Waals surface area contributed by atoms with Crippen molar-refractivity contribution in [3.8, 4) is 5.88 Å². The van der Waals surface area contributed by atoms with Gasteiger partial charge in [0, 0.05) is 5.22 Å².